The lowest BCUT2D eigenvalue weighted by atomic mass is 9.40. The van der Waals surface area contributed by atoms with Crippen LogP contribution in [0, 0.1) is 22.2 Å². The third-order valence-electron chi connectivity index (χ3n) is 6.13. The fourth-order valence-electron chi connectivity index (χ4n) is 6.67. The van der Waals surface area contributed by atoms with Crippen LogP contribution in [0.25, 0.3) is 0 Å². The Hall–Kier alpha value is -0.0800. The van der Waals surface area contributed by atoms with Crippen LogP contribution in [-0.2, 0) is 0 Å². The summed E-state index contributed by atoms with van der Waals surface area (Å²) in [5.74, 6) is 1.04. The molecule has 3 N–H and O–H groups in total. The Morgan fingerprint density at radius 3 is 2.26 bits per heavy atom. The first-order valence-corrected chi connectivity index (χ1v) is 8.38. The van der Waals surface area contributed by atoms with E-state index in [1.54, 1.807) is 0 Å². The van der Waals surface area contributed by atoms with Crippen LogP contribution in [0.15, 0.2) is 0 Å². The molecular weight excluding hydrogens is 232 g/mol. The minimum Gasteiger partial charge on any atom is -0.330 e. The molecule has 0 saturated heterocycles. The molecule has 0 aromatic heterocycles. The van der Waals surface area contributed by atoms with Crippen LogP contribution < -0.4 is 11.1 Å². The molecule has 4 aliphatic carbocycles. The normalized spacial score (nSPS) is 47.8. The number of nitrogens with one attached hydrogen (secondary N) is 1. The van der Waals surface area contributed by atoms with Gasteiger partial charge in [0, 0.05) is 0 Å². The van der Waals surface area contributed by atoms with Gasteiger partial charge in [-0.25, -0.2) is 0 Å². The fourth-order valence-corrected chi connectivity index (χ4v) is 6.67. The van der Waals surface area contributed by atoms with E-state index in [0.29, 0.717) is 16.2 Å². The molecule has 4 aliphatic rings. The van der Waals surface area contributed by atoms with Gasteiger partial charge in [0.05, 0.1) is 0 Å². The number of hydrogen-bond donors (Lipinski definition) is 2. The molecule has 4 fully saturated rings. The molecule has 2 heteroatoms. The van der Waals surface area contributed by atoms with Gasteiger partial charge in [0.1, 0.15) is 0 Å². The van der Waals surface area contributed by atoms with Gasteiger partial charge in [-0.2, -0.15) is 0 Å². The molecule has 0 heterocycles. The molecule has 0 spiro atoms. The van der Waals surface area contributed by atoms with Crippen LogP contribution in [0.5, 0.6) is 0 Å². The molecule has 0 aliphatic heterocycles. The van der Waals surface area contributed by atoms with Crippen LogP contribution in [0.3, 0.4) is 0 Å². The number of nitrogens with two attached hydrogens (primary N) is 1. The molecule has 0 aromatic rings. The highest BCUT2D eigenvalue weighted by Gasteiger charge is 2.59. The van der Waals surface area contributed by atoms with E-state index in [1.165, 1.54) is 51.5 Å². The summed E-state index contributed by atoms with van der Waals surface area (Å²) in [5, 5.41) is 3.61. The number of hydrogen-bond acceptors (Lipinski definition) is 2. The summed E-state index contributed by atoms with van der Waals surface area (Å²) < 4.78 is 0. The Morgan fingerprint density at radius 2 is 1.68 bits per heavy atom. The van der Waals surface area contributed by atoms with Gasteiger partial charge in [0.25, 0.3) is 0 Å². The molecule has 2 unspecified atom stereocenters. The lowest BCUT2D eigenvalue weighted by Crippen LogP contribution is -2.55. The second kappa shape index (κ2) is 4.73. The van der Waals surface area contributed by atoms with Crippen molar-refractivity contribution in [3.63, 3.8) is 0 Å². The van der Waals surface area contributed by atoms with Gasteiger partial charge >= 0.3 is 0 Å². The first-order valence-electron chi connectivity index (χ1n) is 8.38. The minimum absolute atomic E-state index is 0.672. The second-order valence-corrected chi connectivity index (χ2v) is 8.77. The van der Waals surface area contributed by atoms with Crippen LogP contribution in [-0.4, -0.2) is 19.6 Å². The van der Waals surface area contributed by atoms with Crippen molar-refractivity contribution in [2.45, 2.75) is 65.2 Å². The maximum atomic E-state index is 5.55. The van der Waals surface area contributed by atoms with Crippen molar-refractivity contribution in [2.75, 3.05) is 19.6 Å². The van der Waals surface area contributed by atoms with Crippen molar-refractivity contribution in [3.8, 4) is 0 Å². The lowest BCUT2D eigenvalue weighted by molar-refractivity contribution is -0.147. The minimum atomic E-state index is 0.672. The topological polar surface area (TPSA) is 38.0 Å². The molecule has 0 radical (unpaired) electrons. The molecule has 0 amide bonds. The van der Waals surface area contributed by atoms with Crippen molar-refractivity contribution in [1.82, 2.24) is 5.32 Å². The Balaban J connectivity index is 1.61. The van der Waals surface area contributed by atoms with Crippen LogP contribution in [0.2, 0.25) is 0 Å². The molecule has 2 atom stereocenters. The van der Waals surface area contributed by atoms with Gasteiger partial charge in [-0.05, 0) is 93.2 Å². The lowest BCUT2D eigenvalue weighted by Gasteiger charge is -2.65. The van der Waals surface area contributed by atoms with E-state index in [2.05, 4.69) is 19.2 Å². The predicted molar refractivity (Wildman–Crippen MR) is 81.0 cm³/mol. The Kier molecular flexibility index (Phi) is 3.46. The van der Waals surface area contributed by atoms with Crippen molar-refractivity contribution in [1.29, 1.82) is 0 Å². The van der Waals surface area contributed by atoms with E-state index in [1.807, 2.05) is 0 Å². The van der Waals surface area contributed by atoms with Crippen molar-refractivity contribution in [3.05, 3.63) is 0 Å². The molecule has 0 aromatic carbocycles. The third-order valence-corrected chi connectivity index (χ3v) is 6.13. The molecular formula is C17H32N2. The summed E-state index contributed by atoms with van der Waals surface area (Å²) in [6, 6.07) is 0. The van der Waals surface area contributed by atoms with E-state index < -0.39 is 0 Å². The Morgan fingerprint density at radius 1 is 1.00 bits per heavy atom. The molecule has 2 nitrogen and oxygen atoms in total. The maximum absolute atomic E-state index is 5.55. The van der Waals surface area contributed by atoms with Crippen molar-refractivity contribution >= 4 is 0 Å². The molecule has 19 heavy (non-hydrogen) atoms. The summed E-state index contributed by atoms with van der Waals surface area (Å²) >= 11 is 0. The van der Waals surface area contributed by atoms with E-state index in [0.717, 1.165) is 25.4 Å². The van der Waals surface area contributed by atoms with Gasteiger partial charge in [-0.1, -0.05) is 13.8 Å². The van der Waals surface area contributed by atoms with E-state index >= 15 is 0 Å². The highest BCUT2D eigenvalue weighted by Crippen LogP contribution is 2.70. The van der Waals surface area contributed by atoms with Gasteiger partial charge in [0.15, 0.2) is 0 Å². The van der Waals surface area contributed by atoms with Gasteiger partial charge < -0.3 is 11.1 Å². The van der Waals surface area contributed by atoms with Gasteiger partial charge in [-0.3, -0.25) is 0 Å². The first-order chi connectivity index (χ1) is 8.97. The SMILES string of the molecule is CC12CC3CC(C)(C1)CC(CCNCCCN)(C3)C2. The first kappa shape index (κ1) is 13.9. The molecule has 4 saturated carbocycles. The average Bonchev–Trinajstić information content (AvgIpc) is 2.23. The zero-order valence-electron chi connectivity index (χ0n) is 12.9. The van der Waals surface area contributed by atoms with E-state index in [9.17, 15) is 0 Å². The summed E-state index contributed by atoms with van der Waals surface area (Å²) in [5.41, 5.74) is 7.58. The van der Waals surface area contributed by atoms with Crippen molar-refractivity contribution in [2.24, 2.45) is 27.9 Å². The molecule has 110 valence electrons. The highest BCUT2D eigenvalue weighted by molar-refractivity contribution is 5.10. The Bertz CT molecular complexity index is 320. The molecule has 4 bridgehead atoms. The zero-order chi connectivity index (χ0) is 13.6. The van der Waals surface area contributed by atoms with Gasteiger partial charge in [-0.15, -0.1) is 0 Å². The summed E-state index contributed by atoms with van der Waals surface area (Å²) in [6.45, 7) is 8.28. The third kappa shape index (κ3) is 2.71. The monoisotopic (exact) mass is 264 g/mol. The second-order valence-electron chi connectivity index (χ2n) is 8.77. The van der Waals surface area contributed by atoms with Gasteiger partial charge in [0.2, 0.25) is 0 Å². The average molecular weight is 264 g/mol. The quantitative estimate of drug-likeness (QED) is 0.722. The maximum Gasteiger partial charge on any atom is -0.00369 e. The smallest absolute Gasteiger partial charge is 0.00369 e. The van der Waals surface area contributed by atoms with Crippen LogP contribution in [0.4, 0.5) is 0 Å². The summed E-state index contributed by atoms with van der Waals surface area (Å²) in [6.07, 6.45) is 11.6. The predicted octanol–water partition coefficient (Wildman–Crippen LogP) is 3.31. The number of rotatable bonds is 6. The zero-order valence-corrected chi connectivity index (χ0v) is 12.9. The van der Waals surface area contributed by atoms with E-state index in [4.69, 9.17) is 5.73 Å². The summed E-state index contributed by atoms with van der Waals surface area (Å²) in [4.78, 5) is 0. The molecule has 4 rings (SSSR count). The van der Waals surface area contributed by atoms with E-state index in [-0.39, 0.29) is 0 Å². The highest BCUT2D eigenvalue weighted by atomic mass is 14.9. The largest absolute Gasteiger partial charge is 0.330 e. The summed E-state index contributed by atoms with van der Waals surface area (Å²) in [7, 11) is 0. The standard InChI is InChI=1S/C17H32N2/c1-15-8-14-9-16(2,11-15)13-17(10-14,12-15)4-7-19-6-3-5-18/h14,19H,3-13,18H2,1-2H3. The fraction of sp³-hybridized carbons (Fsp3) is 1.00. The Labute approximate surface area is 118 Å². The van der Waals surface area contributed by atoms with Crippen LogP contribution >= 0.6 is 0 Å². The van der Waals surface area contributed by atoms with Crippen molar-refractivity contribution < 1.29 is 0 Å². The van der Waals surface area contributed by atoms with Crippen LogP contribution in [0.1, 0.15) is 65.2 Å².